The molecule has 0 fully saturated rings. The number of benzene rings is 1. The fourth-order valence-electron chi connectivity index (χ4n) is 1.93. The highest BCUT2D eigenvalue weighted by Crippen LogP contribution is 2.38. The monoisotopic (exact) mass is 226 g/mol. The molecule has 0 bridgehead atoms. The van der Waals surface area contributed by atoms with Crippen molar-refractivity contribution in [2.75, 3.05) is 5.32 Å². The minimum Gasteiger partial charge on any atom is -0.506 e. The number of aromatic hydroxyl groups is 1. The molecule has 1 aliphatic rings. The van der Waals surface area contributed by atoms with Crippen molar-refractivity contribution in [1.82, 2.24) is 4.98 Å². The average molecular weight is 226 g/mol. The zero-order chi connectivity index (χ0) is 11.8. The summed E-state index contributed by atoms with van der Waals surface area (Å²) >= 11 is 0. The molecule has 1 aromatic heterocycles. The van der Waals surface area contributed by atoms with E-state index in [1.54, 1.807) is 24.4 Å². The lowest BCUT2D eigenvalue weighted by Gasteiger charge is -1.99. The number of hydrogen-bond acceptors (Lipinski definition) is 2. The number of H-pyrrole nitrogens is 1. The van der Waals surface area contributed by atoms with Gasteiger partial charge in [-0.3, -0.25) is 4.79 Å². The van der Waals surface area contributed by atoms with Crippen molar-refractivity contribution >= 4 is 23.2 Å². The average Bonchev–Trinajstić information content (AvgIpc) is 2.91. The van der Waals surface area contributed by atoms with E-state index >= 15 is 0 Å². The lowest BCUT2D eigenvalue weighted by Crippen LogP contribution is -2.03. The summed E-state index contributed by atoms with van der Waals surface area (Å²) in [5.74, 6) is -0.109. The van der Waals surface area contributed by atoms with Crippen molar-refractivity contribution in [3.05, 3.63) is 47.8 Å². The van der Waals surface area contributed by atoms with Gasteiger partial charge in [-0.1, -0.05) is 12.1 Å². The third-order valence-electron chi connectivity index (χ3n) is 2.74. The molecular weight excluding hydrogens is 216 g/mol. The zero-order valence-electron chi connectivity index (χ0n) is 8.90. The number of fused-ring (bicyclic) bond motifs is 1. The van der Waals surface area contributed by atoms with Crippen molar-refractivity contribution in [3.63, 3.8) is 0 Å². The van der Waals surface area contributed by atoms with Gasteiger partial charge in [0.25, 0.3) is 5.91 Å². The largest absolute Gasteiger partial charge is 0.506 e. The normalized spacial score (nSPS) is 16.0. The van der Waals surface area contributed by atoms with Crippen LogP contribution in [0.4, 0.5) is 5.69 Å². The van der Waals surface area contributed by atoms with E-state index < -0.39 is 0 Å². The second-order valence-corrected chi connectivity index (χ2v) is 3.84. The number of hydrogen-bond donors (Lipinski definition) is 3. The molecule has 4 nitrogen and oxygen atoms in total. The molecule has 0 spiro atoms. The molecule has 0 aliphatic carbocycles. The predicted octanol–water partition coefficient (Wildman–Crippen LogP) is 2.21. The number of para-hydroxylation sites is 1. The first kappa shape index (κ1) is 9.72. The van der Waals surface area contributed by atoms with Gasteiger partial charge in [-0.05, 0) is 24.3 Å². The topological polar surface area (TPSA) is 65.1 Å². The molecule has 1 amide bonds. The van der Waals surface area contributed by atoms with Crippen molar-refractivity contribution in [1.29, 1.82) is 0 Å². The molecule has 0 saturated carbocycles. The molecule has 3 N–H and O–H groups in total. The number of rotatable bonds is 1. The number of phenols is 1. The van der Waals surface area contributed by atoms with Crippen LogP contribution >= 0.6 is 0 Å². The van der Waals surface area contributed by atoms with Gasteiger partial charge in [0, 0.05) is 17.5 Å². The van der Waals surface area contributed by atoms with E-state index in [9.17, 15) is 9.90 Å². The molecule has 17 heavy (non-hydrogen) atoms. The van der Waals surface area contributed by atoms with Gasteiger partial charge in [0.1, 0.15) is 5.75 Å². The quantitative estimate of drug-likeness (QED) is 0.515. The third-order valence-corrected chi connectivity index (χ3v) is 2.74. The van der Waals surface area contributed by atoms with E-state index in [0.717, 1.165) is 11.3 Å². The fourth-order valence-corrected chi connectivity index (χ4v) is 1.93. The predicted molar refractivity (Wildman–Crippen MR) is 65.4 cm³/mol. The summed E-state index contributed by atoms with van der Waals surface area (Å²) in [5, 5.41) is 12.3. The smallest absolute Gasteiger partial charge is 0.256 e. The van der Waals surface area contributed by atoms with Gasteiger partial charge >= 0.3 is 0 Å². The van der Waals surface area contributed by atoms with Crippen molar-refractivity contribution in [2.24, 2.45) is 0 Å². The van der Waals surface area contributed by atoms with Crippen LogP contribution in [0.5, 0.6) is 5.75 Å². The number of amides is 1. The van der Waals surface area contributed by atoms with E-state index in [4.69, 9.17) is 0 Å². The summed E-state index contributed by atoms with van der Waals surface area (Å²) < 4.78 is 0. The number of phenolic OH excluding ortho intramolecular Hbond substituents is 1. The Kier molecular flexibility index (Phi) is 2.01. The second-order valence-electron chi connectivity index (χ2n) is 3.84. The molecular formula is C13H10N2O2. The van der Waals surface area contributed by atoms with Crippen LogP contribution in [-0.4, -0.2) is 16.0 Å². The van der Waals surface area contributed by atoms with Gasteiger partial charge in [-0.25, -0.2) is 0 Å². The Labute approximate surface area is 97.6 Å². The van der Waals surface area contributed by atoms with Crippen LogP contribution < -0.4 is 5.32 Å². The Morgan fingerprint density at radius 2 is 2.06 bits per heavy atom. The van der Waals surface area contributed by atoms with Gasteiger partial charge in [-0.2, -0.15) is 0 Å². The van der Waals surface area contributed by atoms with E-state index in [2.05, 4.69) is 10.3 Å². The first-order valence-corrected chi connectivity index (χ1v) is 5.24. The Morgan fingerprint density at radius 1 is 1.18 bits per heavy atom. The molecule has 0 unspecified atom stereocenters. The van der Waals surface area contributed by atoms with E-state index in [0.29, 0.717) is 11.3 Å². The molecule has 4 heteroatoms. The van der Waals surface area contributed by atoms with Crippen LogP contribution in [0.2, 0.25) is 0 Å². The number of carbonyl (C=O) groups excluding carboxylic acids is 1. The molecule has 0 radical (unpaired) electrons. The van der Waals surface area contributed by atoms with Crippen LogP contribution in [0.15, 0.2) is 36.5 Å². The van der Waals surface area contributed by atoms with Gasteiger partial charge in [0.05, 0.1) is 11.3 Å². The summed E-state index contributed by atoms with van der Waals surface area (Å²) in [6, 6.07) is 8.82. The van der Waals surface area contributed by atoms with Crippen LogP contribution in [0.3, 0.4) is 0 Å². The van der Waals surface area contributed by atoms with Gasteiger partial charge in [0.15, 0.2) is 0 Å². The second kappa shape index (κ2) is 3.52. The van der Waals surface area contributed by atoms with Gasteiger partial charge in [0.2, 0.25) is 0 Å². The van der Waals surface area contributed by atoms with E-state index in [-0.39, 0.29) is 11.7 Å². The van der Waals surface area contributed by atoms with Crippen LogP contribution in [0.25, 0.3) is 11.6 Å². The SMILES string of the molecule is O=C1Nc2c(O)cccc2C1=Cc1ccc[nH]1. The summed E-state index contributed by atoms with van der Waals surface area (Å²) in [4.78, 5) is 14.8. The maximum Gasteiger partial charge on any atom is 0.256 e. The van der Waals surface area contributed by atoms with Crippen molar-refractivity contribution < 1.29 is 9.90 Å². The minimum absolute atomic E-state index is 0.0886. The zero-order valence-corrected chi connectivity index (χ0v) is 8.90. The van der Waals surface area contributed by atoms with Crippen molar-refractivity contribution in [3.8, 4) is 5.75 Å². The number of anilines is 1. The Morgan fingerprint density at radius 3 is 2.82 bits per heavy atom. The Bertz CT molecular complexity index is 612. The molecule has 3 rings (SSSR count). The summed E-state index contributed by atoms with van der Waals surface area (Å²) in [6.07, 6.45) is 3.56. The summed E-state index contributed by atoms with van der Waals surface area (Å²) in [5.41, 5.74) is 2.62. The van der Waals surface area contributed by atoms with Crippen LogP contribution in [-0.2, 0) is 4.79 Å². The molecule has 84 valence electrons. The number of nitrogens with one attached hydrogen (secondary N) is 2. The highest BCUT2D eigenvalue weighted by molar-refractivity contribution is 6.35. The molecule has 1 aliphatic heterocycles. The third kappa shape index (κ3) is 1.50. The molecule has 2 heterocycles. The number of aromatic amines is 1. The maximum absolute atomic E-state index is 11.8. The van der Waals surface area contributed by atoms with Gasteiger partial charge < -0.3 is 15.4 Å². The van der Waals surface area contributed by atoms with Gasteiger partial charge in [-0.15, -0.1) is 0 Å². The lowest BCUT2D eigenvalue weighted by molar-refractivity contribution is -0.110. The lowest BCUT2D eigenvalue weighted by atomic mass is 10.1. The molecule has 0 saturated heterocycles. The Balaban J connectivity index is 2.15. The van der Waals surface area contributed by atoms with Crippen molar-refractivity contribution in [2.45, 2.75) is 0 Å². The summed E-state index contributed by atoms with van der Waals surface area (Å²) in [7, 11) is 0. The molecule has 0 atom stereocenters. The standard InChI is InChI=1S/C13H10N2O2/c16-11-5-1-4-9-10(13(17)15-12(9)11)7-8-3-2-6-14-8/h1-7,14,16H,(H,15,17). The first-order valence-electron chi connectivity index (χ1n) is 5.24. The minimum atomic E-state index is -0.198. The highest BCUT2D eigenvalue weighted by Gasteiger charge is 2.26. The summed E-state index contributed by atoms with van der Waals surface area (Å²) in [6.45, 7) is 0. The number of aromatic nitrogens is 1. The number of carbonyl (C=O) groups is 1. The maximum atomic E-state index is 11.8. The van der Waals surface area contributed by atoms with E-state index in [1.807, 2.05) is 18.2 Å². The van der Waals surface area contributed by atoms with E-state index in [1.165, 1.54) is 0 Å². The Hall–Kier alpha value is -2.49. The van der Waals surface area contributed by atoms with Crippen LogP contribution in [0, 0.1) is 0 Å². The first-order chi connectivity index (χ1) is 8.25. The van der Waals surface area contributed by atoms with Crippen LogP contribution in [0.1, 0.15) is 11.3 Å². The fraction of sp³-hybridized carbons (Fsp3) is 0. The molecule has 1 aromatic carbocycles. The highest BCUT2D eigenvalue weighted by atomic mass is 16.3. The molecule has 2 aromatic rings.